The molecule has 0 aliphatic carbocycles. The molecule has 0 unspecified atom stereocenters. The van der Waals surface area contributed by atoms with Crippen molar-refractivity contribution in [3.05, 3.63) is 87.4 Å². The summed E-state index contributed by atoms with van der Waals surface area (Å²) in [6, 6.07) is 15.6. The lowest BCUT2D eigenvalue weighted by Gasteiger charge is -2.10. The van der Waals surface area contributed by atoms with Crippen molar-refractivity contribution in [3.63, 3.8) is 0 Å². The van der Waals surface area contributed by atoms with Gasteiger partial charge in [-0.25, -0.2) is 8.42 Å². The van der Waals surface area contributed by atoms with E-state index in [1.165, 1.54) is 36.4 Å². The normalized spacial score (nSPS) is 10.9. The molecule has 2 N–H and O–H groups in total. The molecule has 3 rings (SSSR count). The fraction of sp³-hybridized carbons (Fsp3) is 0.0952. The number of nitro groups is 1. The molecule has 0 radical (unpaired) electrons. The van der Waals surface area contributed by atoms with E-state index in [0.717, 1.165) is 6.07 Å². The zero-order valence-corrected chi connectivity index (χ0v) is 18.3. The van der Waals surface area contributed by atoms with Crippen molar-refractivity contribution in [2.24, 2.45) is 0 Å². The second-order valence-electron chi connectivity index (χ2n) is 6.46. The van der Waals surface area contributed by atoms with Gasteiger partial charge in [-0.2, -0.15) is 0 Å². The zero-order chi connectivity index (χ0) is 23.3. The fourth-order valence-corrected chi connectivity index (χ4v) is 3.96. The Hall–Kier alpha value is -3.63. The van der Waals surface area contributed by atoms with Gasteiger partial charge in [-0.3, -0.25) is 19.6 Å². The van der Waals surface area contributed by atoms with Gasteiger partial charge < -0.3 is 10.1 Å². The number of hydrogen-bond acceptors (Lipinski definition) is 6. The molecule has 0 spiro atoms. The van der Waals surface area contributed by atoms with Gasteiger partial charge in [0.25, 0.3) is 21.6 Å². The van der Waals surface area contributed by atoms with Crippen molar-refractivity contribution in [3.8, 4) is 5.75 Å². The molecule has 11 heteroatoms. The molecule has 0 fully saturated rings. The van der Waals surface area contributed by atoms with Crippen molar-refractivity contribution in [1.29, 1.82) is 0 Å². The predicted octanol–water partition coefficient (Wildman–Crippen LogP) is 4.70. The lowest BCUT2D eigenvalue weighted by atomic mass is 10.2. The molecule has 0 aliphatic heterocycles. The molecule has 0 atom stereocenters. The van der Waals surface area contributed by atoms with Gasteiger partial charge in [-0.1, -0.05) is 11.6 Å². The number of sulfonamides is 1. The number of nitrogens with zero attached hydrogens (tertiary/aromatic N) is 1. The number of carbonyl (C=O) groups is 1. The molecule has 3 aromatic rings. The van der Waals surface area contributed by atoms with Gasteiger partial charge in [-0.15, -0.1) is 0 Å². The molecular formula is C21H18ClN3O6S. The molecule has 32 heavy (non-hydrogen) atoms. The Morgan fingerprint density at radius 2 is 1.66 bits per heavy atom. The Bertz CT molecular complexity index is 1250. The van der Waals surface area contributed by atoms with Crippen molar-refractivity contribution >= 4 is 44.6 Å². The number of anilines is 2. The van der Waals surface area contributed by atoms with E-state index in [4.69, 9.17) is 16.3 Å². The molecule has 0 saturated carbocycles. The largest absolute Gasteiger partial charge is 0.494 e. The molecule has 9 nitrogen and oxygen atoms in total. The Kier molecular flexibility index (Phi) is 6.96. The molecule has 3 aromatic carbocycles. The molecule has 1 amide bonds. The highest BCUT2D eigenvalue weighted by Crippen LogP contribution is 2.26. The molecule has 0 heterocycles. The third-order valence-electron chi connectivity index (χ3n) is 4.25. The maximum atomic E-state index is 12.6. The monoisotopic (exact) mass is 475 g/mol. The average Bonchev–Trinajstić information content (AvgIpc) is 2.75. The highest BCUT2D eigenvalue weighted by Gasteiger charge is 2.17. The van der Waals surface area contributed by atoms with E-state index in [-0.39, 0.29) is 21.2 Å². The first-order valence-electron chi connectivity index (χ1n) is 9.30. The van der Waals surface area contributed by atoms with Gasteiger partial charge in [0.15, 0.2) is 0 Å². The molecule has 166 valence electrons. The SMILES string of the molecule is CCOc1ccc(NS(=O)(=O)c2ccc(NC(=O)c3ccc(Cl)c([N+](=O)[O-])c3)cc2)cc1. The van der Waals surface area contributed by atoms with Crippen molar-refractivity contribution < 1.29 is 22.9 Å². The maximum absolute atomic E-state index is 12.6. The van der Waals surface area contributed by atoms with Crippen molar-refractivity contribution in [2.45, 2.75) is 11.8 Å². The Labute approximate surface area is 189 Å². The van der Waals surface area contributed by atoms with Crippen LogP contribution in [0.25, 0.3) is 0 Å². The minimum Gasteiger partial charge on any atom is -0.494 e. The van der Waals surface area contributed by atoms with Gasteiger partial charge in [0.2, 0.25) is 0 Å². The van der Waals surface area contributed by atoms with E-state index in [1.807, 2.05) is 6.92 Å². The highest BCUT2D eigenvalue weighted by atomic mass is 35.5. The number of nitro benzene ring substituents is 1. The number of amides is 1. The molecule has 0 bridgehead atoms. The van der Waals surface area contributed by atoms with Crippen LogP contribution >= 0.6 is 11.6 Å². The van der Waals surface area contributed by atoms with E-state index >= 15 is 0 Å². The highest BCUT2D eigenvalue weighted by molar-refractivity contribution is 7.92. The Balaban J connectivity index is 1.70. The summed E-state index contributed by atoms with van der Waals surface area (Å²) >= 11 is 5.75. The number of hydrogen-bond donors (Lipinski definition) is 2. The van der Waals surface area contributed by atoms with E-state index in [9.17, 15) is 23.3 Å². The topological polar surface area (TPSA) is 128 Å². The second kappa shape index (κ2) is 9.67. The van der Waals surface area contributed by atoms with Crippen LogP contribution in [-0.2, 0) is 10.0 Å². The molecular weight excluding hydrogens is 458 g/mol. The molecule has 0 aliphatic rings. The van der Waals surface area contributed by atoms with Gasteiger partial charge in [0.05, 0.1) is 16.4 Å². The van der Waals surface area contributed by atoms with Gasteiger partial charge in [0.1, 0.15) is 10.8 Å². The fourth-order valence-electron chi connectivity index (χ4n) is 2.71. The van der Waals surface area contributed by atoms with Crippen molar-refractivity contribution in [2.75, 3.05) is 16.6 Å². The molecule has 0 saturated heterocycles. The summed E-state index contributed by atoms with van der Waals surface area (Å²) < 4.78 is 33.0. The van der Waals surface area contributed by atoms with Crippen LogP contribution in [0.15, 0.2) is 71.6 Å². The smallest absolute Gasteiger partial charge is 0.288 e. The first-order chi connectivity index (χ1) is 15.2. The Morgan fingerprint density at radius 1 is 1.03 bits per heavy atom. The summed E-state index contributed by atoms with van der Waals surface area (Å²) in [5.41, 5.74) is 0.332. The van der Waals surface area contributed by atoms with Crippen LogP contribution in [0.5, 0.6) is 5.75 Å². The number of carbonyl (C=O) groups excluding carboxylic acids is 1. The van der Waals surface area contributed by atoms with Crippen LogP contribution in [0.4, 0.5) is 17.1 Å². The van der Waals surface area contributed by atoms with E-state index in [0.29, 0.717) is 23.7 Å². The summed E-state index contributed by atoms with van der Waals surface area (Å²) in [4.78, 5) is 22.7. The predicted molar refractivity (Wildman–Crippen MR) is 121 cm³/mol. The number of benzene rings is 3. The summed E-state index contributed by atoms with van der Waals surface area (Å²) in [7, 11) is -3.85. The number of halogens is 1. The quantitative estimate of drug-likeness (QED) is 0.359. The maximum Gasteiger partial charge on any atom is 0.288 e. The third kappa shape index (κ3) is 5.54. The lowest BCUT2D eigenvalue weighted by molar-refractivity contribution is -0.384. The minimum absolute atomic E-state index is 0.00786. The number of ether oxygens (including phenoxy) is 1. The minimum atomic E-state index is -3.85. The van der Waals surface area contributed by atoms with E-state index < -0.39 is 20.9 Å². The van der Waals surface area contributed by atoms with Crippen LogP contribution in [-0.4, -0.2) is 25.9 Å². The zero-order valence-electron chi connectivity index (χ0n) is 16.7. The summed E-state index contributed by atoms with van der Waals surface area (Å²) in [6.07, 6.45) is 0. The van der Waals surface area contributed by atoms with E-state index in [1.54, 1.807) is 24.3 Å². The summed E-state index contributed by atoms with van der Waals surface area (Å²) in [5.74, 6) is 0.0226. The Morgan fingerprint density at radius 3 is 2.25 bits per heavy atom. The number of rotatable bonds is 8. The van der Waals surface area contributed by atoms with Crippen LogP contribution in [0.1, 0.15) is 17.3 Å². The van der Waals surface area contributed by atoms with E-state index in [2.05, 4.69) is 10.0 Å². The van der Waals surface area contributed by atoms with Crippen LogP contribution in [0, 0.1) is 10.1 Å². The van der Waals surface area contributed by atoms with Crippen LogP contribution in [0.2, 0.25) is 5.02 Å². The van der Waals surface area contributed by atoms with Crippen molar-refractivity contribution in [1.82, 2.24) is 0 Å². The summed E-state index contributed by atoms with van der Waals surface area (Å²) in [5, 5.41) is 13.5. The second-order valence-corrected chi connectivity index (χ2v) is 8.55. The molecule has 0 aromatic heterocycles. The van der Waals surface area contributed by atoms with Gasteiger partial charge in [0, 0.05) is 23.0 Å². The first-order valence-corrected chi connectivity index (χ1v) is 11.2. The number of nitrogens with one attached hydrogen (secondary N) is 2. The van der Waals surface area contributed by atoms with Crippen LogP contribution in [0.3, 0.4) is 0 Å². The van der Waals surface area contributed by atoms with Gasteiger partial charge >= 0.3 is 0 Å². The lowest BCUT2D eigenvalue weighted by Crippen LogP contribution is -2.14. The van der Waals surface area contributed by atoms with Gasteiger partial charge in [-0.05, 0) is 67.6 Å². The summed E-state index contributed by atoms with van der Waals surface area (Å²) in [6.45, 7) is 2.35. The third-order valence-corrected chi connectivity index (χ3v) is 5.96. The first kappa shape index (κ1) is 23.0. The standard InChI is InChI=1S/C21H18ClN3O6S/c1-2-31-17-8-4-16(5-9-17)24-32(29,30)18-10-6-15(7-11-18)23-21(26)14-3-12-19(22)20(13-14)25(27)28/h3-13,24H,2H2,1H3,(H,23,26). The average molecular weight is 476 g/mol. The van der Waals surface area contributed by atoms with Crippen LogP contribution < -0.4 is 14.8 Å².